The predicted octanol–water partition coefficient (Wildman–Crippen LogP) is 5.74. The molecule has 0 spiro atoms. The van der Waals surface area contributed by atoms with Gasteiger partial charge in [-0.1, -0.05) is 85.8 Å². The summed E-state index contributed by atoms with van der Waals surface area (Å²) in [6.45, 7) is 4.08. The molecular formula is C29H25N5O3. The van der Waals surface area contributed by atoms with E-state index in [0.717, 1.165) is 39.1 Å². The Kier molecular flexibility index (Phi) is 6.72. The van der Waals surface area contributed by atoms with Gasteiger partial charge in [-0.15, -0.1) is 10.2 Å². The van der Waals surface area contributed by atoms with Crippen LogP contribution in [0.3, 0.4) is 0 Å². The molecule has 8 nitrogen and oxygen atoms in total. The summed E-state index contributed by atoms with van der Waals surface area (Å²) >= 11 is 0. The summed E-state index contributed by atoms with van der Waals surface area (Å²) < 4.78 is 6.22. The van der Waals surface area contributed by atoms with Gasteiger partial charge in [0.1, 0.15) is 17.9 Å². The van der Waals surface area contributed by atoms with E-state index >= 15 is 0 Å². The van der Waals surface area contributed by atoms with Gasteiger partial charge in [-0.25, -0.2) is 4.79 Å². The summed E-state index contributed by atoms with van der Waals surface area (Å²) in [5, 5.41) is 24.5. The Morgan fingerprint density at radius 3 is 2.27 bits per heavy atom. The second-order valence-electron chi connectivity index (χ2n) is 8.52. The molecular weight excluding hydrogens is 466 g/mol. The molecule has 5 rings (SSSR count). The molecule has 3 aromatic carbocycles. The van der Waals surface area contributed by atoms with Gasteiger partial charge in [0.25, 0.3) is 0 Å². The molecule has 0 aliphatic heterocycles. The number of nitrogens with zero attached hydrogens (tertiary/aromatic N) is 4. The molecule has 0 aliphatic rings. The Labute approximate surface area is 214 Å². The normalized spacial score (nSPS) is 10.9. The highest BCUT2D eigenvalue weighted by molar-refractivity contribution is 5.98. The molecule has 0 bridgehead atoms. The average molecular weight is 492 g/mol. The number of aromatic nitrogens is 5. The van der Waals surface area contributed by atoms with Gasteiger partial charge < -0.3 is 9.84 Å². The number of aromatic amines is 1. The zero-order valence-electron chi connectivity index (χ0n) is 20.5. The van der Waals surface area contributed by atoms with E-state index in [1.165, 1.54) is 0 Å². The first-order valence-corrected chi connectivity index (χ1v) is 11.9. The van der Waals surface area contributed by atoms with Crippen molar-refractivity contribution < 1.29 is 14.6 Å². The van der Waals surface area contributed by atoms with Crippen LogP contribution < -0.4 is 4.74 Å². The van der Waals surface area contributed by atoms with Crippen LogP contribution in [0.5, 0.6) is 5.75 Å². The van der Waals surface area contributed by atoms with Gasteiger partial charge in [0.05, 0.1) is 5.69 Å². The second-order valence-corrected chi connectivity index (χ2v) is 8.52. The molecule has 2 N–H and O–H groups in total. The fraction of sp³-hybridized carbons (Fsp3) is 0.138. The largest absolute Gasteiger partial charge is 0.488 e. The third-order valence-electron chi connectivity index (χ3n) is 6.23. The van der Waals surface area contributed by atoms with E-state index in [1.54, 1.807) is 0 Å². The number of tetrazole rings is 1. The number of nitrogens with one attached hydrogen (secondary N) is 1. The number of carboxylic acids is 1. The number of hydrogen-bond acceptors (Lipinski definition) is 6. The van der Waals surface area contributed by atoms with Crippen LogP contribution >= 0.6 is 0 Å². The topological polar surface area (TPSA) is 114 Å². The summed E-state index contributed by atoms with van der Waals surface area (Å²) in [6.07, 6.45) is 0.606. The maximum atomic E-state index is 12.4. The average Bonchev–Trinajstić information content (AvgIpc) is 3.47. The van der Waals surface area contributed by atoms with Crippen molar-refractivity contribution >= 4 is 5.97 Å². The van der Waals surface area contributed by atoms with Crippen LogP contribution in [-0.4, -0.2) is 36.7 Å². The summed E-state index contributed by atoms with van der Waals surface area (Å²) in [5.74, 6) is -0.170. The Morgan fingerprint density at radius 1 is 0.919 bits per heavy atom. The van der Waals surface area contributed by atoms with E-state index in [-0.39, 0.29) is 12.2 Å². The number of ether oxygens (including phenoxy) is 1. The van der Waals surface area contributed by atoms with Crippen molar-refractivity contribution in [3.8, 4) is 39.5 Å². The maximum absolute atomic E-state index is 12.4. The molecule has 0 aliphatic carbocycles. The van der Waals surface area contributed by atoms with E-state index in [9.17, 15) is 9.90 Å². The third kappa shape index (κ3) is 4.81. The van der Waals surface area contributed by atoms with Crippen molar-refractivity contribution in [2.45, 2.75) is 26.9 Å². The smallest absolute Gasteiger partial charge is 0.341 e. The summed E-state index contributed by atoms with van der Waals surface area (Å²) in [5.41, 5.74) is 6.54. The summed E-state index contributed by atoms with van der Waals surface area (Å²) in [7, 11) is 0. The van der Waals surface area contributed by atoms with Gasteiger partial charge in [-0.2, -0.15) is 5.21 Å². The fourth-order valence-corrected chi connectivity index (χ4v) is 4.43. The monoisotopic (exact) mass is 491 g/mol. The molecule has 0 saturated carbocycles. The molecule has 0 fully saturated rings. The van der Waals surface area contributed by atoms with Gasteiger partial charge in [-0.3, -0.25) is 4.98 Å². The molecule has 0 unspecified atom stereocenters. The van der Waals surface area contributed by atoms with E-state index < -0.39 is 5.97 Å². The van der Waals surface area contributed by atoms with Crippen LogP contribution in [0.25, 0.3) is 33.8 Å². The van der Waals surface area contributed by atoms with Crippen molar-refractivity contribution in [1.82, 2.24) is 25.6 Å². The van der Waals surface area contributed by atoms with Crippen molar-refractivity contribution in [2.24, 2.45) is 0 Å². The van der Waals surface area contributed by atoms with Crippen molar-refractivity contribution in [1.29, 1.82) is 0 Å². The molecule has 0 amide bonds. The standard InChI is InChI=1S/C29H25N5O3/c1-3-22-18(2)30-26(21-9-5-4-6-10-21)25(29(35)36)27(22)37-17-19-13-15-20(16-14-19)23-11-7-8-12-24(23)28-31-33-34-32-28/h4-16H,3,17H2,1-2H3,(H,35,36)(H,31,32,33,34). The highest BCUT2D eigenvalue weighted by atomic mass is 16.5. The minimum absolute atomic E-state index is 0.0827. The first-order valence-electron chi connectivity index (χ1n) is 11.9. The van der Waals surface area contributed by atoms with E-state index in [0.29, 0.717) is 23.7 Å². The van der Waals surface area contributed by atoms with Crippen molar-refractivity contribution in [2.75, 3.05) is 0 Å². The second kappa shape index (κ2) is 10.4. The zero-order chi connectivity index (χ0) is 25.8. The minimum Gasteiger partial charge on any atom is -0.488 e. The van der Waals surface area contributed by atoms with Crippen LogP contribution in [0.1, 0.15) is 34.1 Å². The number of hydrogen-bond donors (Lipinski definition) is 2. The quantitative estimate of drug-likeness (QED) is 0.284. The summed E-state index contributed by atoms with van der Waals surface area (Å²) in [6, 6.07) is 25.1. The predicted molar refractivity (Wildman–Crippen MR) is 140 cm³/mol. The molecule has 2 heterocycles. The first kappa shape index (κ1) is 23.9. The van der Waals surface area contributed by atoms with E-state index in [1.807, 2.05) is 92.7 Å². The Bertz CT molecular complexity index is 1530. The zero-order valence-corrected chi connectivity index (χ0v) is 20.5. The van der Waals surface area contributed by atoms with E-state index in [4.69, 9.17) is 4.74 Å². The number of carboxylic acid groups (broad SMARTS) is 1. The van der Waals surface area contributed by atoms with E-state index in [2.05, 4.69) is 25.6 Å². The minimum atomic E-state index is -1.07. The lowest BCUT2D eigenvalue weighted by atomic mass is 9.98. The number of carbonyl (C=O) groups is 1. The van der Waals surface area contributed by atoms with Crippen molar-refractivity contribution in [3.63, 3.8) is 0 Å². The highest BCUT2D eigenvalue weighted by Gasteiger charge is 2.24. The van der Waals surface area contributed by atoms with Crippen LogP contribution in [0, 0.1) is 6.92 Å². The molecule has 8 heteroatoms. The fourth-order valence-electron chi connectivity index (χ4n) is 4.43. The van der Waals surface area contributed by atoms with Gasteiger partial charge in [0, 0.05) is 22.4 Å². The molecule has 0 radical (unpaired) electrons. The van der Waals surface area contributed by atoms with Crippen LogP contribution in [0.15, 0.2) is 78.9 Å². The SMILES string of the molecule is CCc1c(C)nc(-c2ccccc2)c(C(=O)O)c1OCc1ccc(-c2ccccc2-c2nn[nH]n2)cc1. The van der Waals surface area contributed by atoms with Crippen LogP contribution in [0.2, 0.25) is 0 Å². The Morgan fingerprint density at radius 2 is 1.62 bits per heavy atom. The summed E-state index contributed by atoms with van der Waals surface area (Å²) in [4.78, 5) is 17.0. The number of benzene rings is 3. The van der Waals surface area contributed by atoms with Crippen LogP contribution in [0.4, 0.5) is 0 Å². The van der Waals surface area contributed by atoms with Crippen LogP contribution in [-0.2, 0) is 13.0 Å². The van der Waals surface area contributed by atoms with Crippen molar-refractivity contribution in [3.05, 3.63) is 101 Å². The first-order chi connectivity index (χ1) is 18.1. The molecule has 37 heavy (non-hydrogen) atoms. The van der Waals surface area contributed by atoms with Gasteiger partial charge in [0.15, 0.2) is 0 Å². The third-order valence-corrected chi connectivity index (χ3v) is 6.23. The highest BCUT2D eigenvalue weighted by Crippen LogP contribution is 2.35. The van der Waals surface area contributed by atoms with Gasteiger partial charge in [0.2, 0.25) is 5.82 Å². The molecule has 0 atom stereocenters. The number of aromatic carboxylic acids is 1. The van der Waals surface area contributed by atoms with Gasteiger partial charge >= 0.3 is 5.97 Å². The number of pyridine rings is 1. The number of H-pyrrole nitrogens is 1. The number of aryl methyl sites for hydroxylation is 1. The molecule has 2 aromatic heterocycles. The maximum Gasteiger partial charge on any atom is 0.341 e. The lowest BCUT2D eigenvalue weighted by molar-refractivity contribution is 0.0692. The van der Waals surface area contributed by atoms with Gasteiger partial charge in [-0.05, 0) is 35.2 Å². The molecule has 0 saturated heterocycles. The molecule has 5 aromatic rings. The lowest BCUT2D eigenvalue weighted by Gasteiger charge is -2.18. The Balaban J connectivity index is 1.46. The number of rotatable bonds is 8. The lowest BCUT2D eigenvalue weighted by Crippen LogP contribution is -2.11. The molecule has 184 valence electrons. The Hall–Kier alpha value is -4.85.